The molecule has 2 aromatic heterocycles. The van der Waals surface area contributed by atoms with E-state index in [-0.39, 0.29) is 13.2 Å². The summed E-state index contributed by atoms with van der Waals surface area (Å²) < 4.78 is 4.21. The maximum atomic E-state index is 9.17. The van der Waals surface area contributed by atoms with Crippen LogP contribution in [0.4, 0.5) is 5.69 Å². The van der Waals surface area contributed by atoms with Crippen molar-refractivity contribution >= 4 is 29.6 Å². The Kier molecular flexibility index (Phi) is 8.50. The van der Waals surface area contributed by atoms with Gasteiger partial charge in [-0.2, -0.15) is 0 Å². The van der Waals surface area contributed by atoms with E-state index < -0.39 is 0 Å². The van der Waals surface area contributed by atoms with Gasteiger partial charge >= 0.3 is 0 Å². The number of pyridine rings is 1. The Hall–Kier alpha value is -2.61. The van der Waals surface area contributed by atoms with Crippen LogP contribution in [0.5, 0.6) is 0 Å². The number of rotatable bonds is 11. The van der Waals surface area contributed by atoms with E-state index in [2.05, 4.69) is 46.2 Å². The molecule has 0 aliphatic heterocycles. The summed E-state index contributed by atoms with van der Waals surface area (Å²) in [6, 6.07) is 12.4. The minimum atomic E-state index is 0.0668. The Balaban J connectivity index is 1.52. The van der Waals surface area contributed by atoms with Gasteiger partial charge in [-0.15, -0.1) is 0 Å². The Morgan fingerprint density at radius 2 is 1.63 bits per heavy atom. The minimum Gasteiger partial charge on any atom is -0.395 e. The third-order valence-electron chi connectivity index (χ3n) is 4.74. The average molecular weight is 426 g/mol. The fourth-order valence-electron chi connectivity index (χ4n) is 3.06. The number of hydrogen-bond acceptors (Lipinski definition) is 5. The standard InChI is InChI=1S/C23H29N4O2S/c1-25-13-10-24-23(25)30-19-16-26-11-8-21(9-12-26)3-2-20-4-6-22(7-5-20)27(14-17-28)15-18-29/h2-13,28-29H,14-19H2,1H3/q+1. The van der Waals surface area contributed by atoms with Crippen LogP contribution >= 0.6 is 11.8 Å². The lowest BCUT2D eigenvalue weighted by atomic mass is 10.1. The topological polar surface area (TPSA) is 65.4 Å². The molecule has 158 valence electrons. The molecule has 2 heterocycles. The van der Waals surface area contributed by atoms with Crippen molar-refractivity contribution < 1.29 is 14.8 Å². The van der Waals surface area contributed by atoms with Crippen LogP contribution in [0.15, 0.2) is 66.3 Å². The van der Waals surface area contributed by atoms with Gasteiger partial charge < -0.3 is 19.7 Å². The first-order chi connectivity index (χ1) is 14.7. The van der Waals surface area contributed by atoms with E-state index in [9.17, 15) is 0 Å². The molecule has 30 heavy (non-hydrogen) atoms. The first kappa shape index (κ1) is 22.1. The first-order valence-corrected chi connectivity index (χ1v) is 11.0. The van der Waals surface area contributed by atoms with Gasteiger partial charge in [-0.1, -0.05) is 36.0 Å². The Morgan fingerprint density at radius 3 is 2.20 bits per heavy atom. The third kappa shape index (κ3) is 6.45. The van der Waals surface area contributed by atoms with Crippen molar-refractivity contribution in [2.45, 2.75) is 11.7 Å². The number of imidazole rings is 1. The summed E-state index contributed by atoms with van der Waals surface area (Å²) in [4.78, 5) is 6.30. The second kappa shape index (κ2) is 11.5. The lowest BCUT2D eigenvalue weighted by Crippen LogP contribution is -2.33. The van der Waals surface area contributed by atoms with Crippen molar-refractivity contribution in [1.82, 2.24) is 9.55 Å². The molecule has 0 unspecified atom stereocenters. The van der Waals surface area contributed by atoms with Crippen LogP contribution in [-0.2, 0) is 13.6 Å². The van der Waals surface area contributed by atoms with E-state index >= 15 is 0 Å². The fraction of sp³-hybridized carbons (Fsp3) is 0.304. The molecule has 3 rings (SSSR count). The zero-order valence-corrected chi connectivity index (χ0v) is 18.1. The van der Waals surface area contributed by atoms with Gasteiger partial charge in [-0.25, -0.2) is 9.55 Å². The Labute approximate surface area is 182 Å². The number of anilines is 1. The zero-order chi connectivity index (χ0) is 21.2. The van der Waals surface area contributed by atoms with Gasteiger partial charge in [0.2, 0.25) is 0 Å². The van der Waals surface area contributed by atoms with E-state index in [1.807, 2.05) is 53.2 Å². The Morgan fingerprint density at radius 1 is 1.00 bits per heavy atom. The van der Waals surface area contributed by atoms with Crippen molar-refractivity contribution in [2.75, 3.05) is 37.0 Å². The Bertz CT molecular complexity index is 917. The number of hydrogen-bond donors (Lipinski definition) is 2. The van der Waals surface area contributed by atoms with Gasteiger partial charge in [0.05, 0.1) is 19.0 Å². The summed E-state index contributed by atoms with van der Waals surface area (Å²) in [6.45, 7) is 2.09. The summed E-state index contributed by atoms with van der Waals surface area (Å²) in [5.41, 5.74) is 3.25. The molecular formula is C23H29N4O2S+. The first-order valence-electron chi connectivity index (χ1n) is 10.0. The largest absolute Gasteiger partial charge is 0.395 e. The van der Waals surface area contributed by atoms with Gasteiger partial charge in [0, 0.05) is 50.4 Å². The van der Waals surface area contributed by atoms with Crippen LogP contribution in [0.1, 0.15) is 11.1 Å². The number of benzene rings is 1. The second-order valence-electron chi connectivity index (χ2n) is 6.90. The van der Waals surface area contributed by atoms with E-state index in [0.29, 0.717) is 13.1 Å². The molecule has 3 aromatic rings. The van der Waals surface area contributed by atoms with Crippen LogP contribution in [-0.4, -0.2) is 51.8 Å². The van der Waals surface area contributed by atoms with Crippen LogP contribution < -0.4 is 9.47 Å². The molecule has 0 amide bonds. The second-order valence-corrected chi connectivity index (χ2v) is 7.96. The van der Waals surface area contributed by atoms with Crippen LogP contribution in [0.2, 0.25) is 0 Å². The molecule has 0 saturated heterocycles. The number of aliphatic hydroxyl groups is 2. The van der Waals surface area contributed by atoms with Crippen molar-refractivity contribution in [1.29, 1.82) is 0 Å². The molecule has 0 atom stereocenters. The SMILES string of the molecule is Cn1ccnc1SCC[n+]1ccc(/C=C/c2ccc(N(CCO)CCO)cc2)cc1. The van der Waals surface area contributed by atoms with E-state index in [0.717, 1.165) is 34.3 Å². The normalized spacial score (nSPS) is 11.3. The highest BCUT2D eigenvalue weighted by Gasteiger charge is 2.05. The number of aliphatic hydroxyl groups excluding tert-OH is 2. The van der Waals surface area contributed by atoms with Gasteiger partial charge in [-0.3, -0.25) is 0 Å². The van der Waals surface area contributed by atoms with Crippen molar-refractivity contribution in [3.05, 3.63) is 72.3 Å². The van der Waals surface area contributed by atoms with E-state index in [1.165, 1.54) is 0 Å². The highest BCUT2D eigenvalue weighted by molar-refractivity contribution is 7.99. The number of aryl methyl sites for hydroxylation is 2. The smallest absolute Gasteiger partial charge is 0.169 e. The summed E-state index contributed by atoms with van der Waals surface area (Å²) >= 11 is 1.76. The van der Waals surface area contributed by atoms with E-state index in [1.54, 1.807) is 11.8 Å². The number of thioether (sulfide) groups is 1. The van der Waals surface area contributed by atoms with Gasteiger partial charge in [-0.05, 0) is 23.3 Å². The predicted molar refractivity (Wildman–Crippen MR) is 122 cm³/mol. The summed E-state index contributed by atoms with van der Waals surface area (Å²) in [5, 5.41) is 19.4. The molecule has 2 N–H and O–H groups in total. The summed E-state index contributed by atoms with van der Waals surface area (Å²) in [7, 11) is 2.01. The van der Waals surface area contributed by atoms with Crippen molar-refractivity contribution in [2.24, 2.45) is 7.05 Å². The molecule has 0 radical (unpaired) electrons. The van der Waals surface area contributed by atoms with Crippen molar-refractivity contribution in [3.63, 3.8) is 0 Å². The monoisotopic (exact) mass is 425 g/mol. The van der Waals surface area contributed by atoms with Crippen LogP contribution in [0.3, 0.4) is 0 Å². The number of nitrogens with zero attached hydrogens (tertiary/aromatic N) is 4. The molecule has 0 aliphatic rings. The quantitative estimate of drug-likeness (QED) is 0.365. The lowest BCUT2D eigenvalue weighted by Gasteiger charge is -2.22. The van der Waals surface area contributed by atoms with Gasteiger partial charge in [0.15, 0.2) is 24.1 Å². The van der Waals surface area contributed by atoms with Crippen LogP contribution in [0, 0.1) is 0 Å². The lowest BCUT2D eigenvalue weighted by molar-refractivity contribution is -0.692. The zero-order valence-electron chi connectivity index (χ0n) is 17.3. The van der Waals surface area contributed by atoms with Gasteiger partial charge in [0.25, 0.3) is 0 Å². The highest BCUT2D eigenvalue weighted by atomic mass is 32.2. The molecule has 7 heteroatoms. The van der Waals surface area contributed by atoms with Gasteiger partial charge in [0.1, 0.15) is 0 Å². The van der Waals surface area contributed by atoms with E-state index in [4.69, 9.17) is 10.2 Å². The number of aromatic nitrogens is 3. The maximum Gasteiger partial charge on any atom is 0.169 e. The highest BCUT2D eigenvalue weighted by Crippen LogP contribution is 2.17. The predicted octanol–water partition coefficient (Wildman–Crippen LogP) is 2.46. The molecule has 1 aromatic carbocycles. The molecule has 0 spiro atoms. The summed E-state index contributed by atoms with van der Waals surface area (Å²) in [5.74, 6) is 0.973. The van der Waals surface area contributed by atoms with Crippen molar-refractivity contribution in [3.8, 4) is 0 Å². The molecule has 6 nitrogen and oxygen atoms in total. The van der Waals surface area contributed by atoms with Crippen LogP contribution in [0.25, 0.3) is 12.2 Å². The summed E-state index contributed by atoms with van der Waals surface area (Å²) in [6.07, 6.45) is 12.2. The molecule has 0 fully saturated rings. The molecular weight excluding hydrogens is 396 g/mol. The molecule has 0 saturated carbocycles. The minimum absolute atomic E-state index is 0.0668. The fourth-order valence-corrected chi connectivity index (χ4v) is 3.95. The average Bonchev–Trinajstić information content (AvgIpc) is 3.18. The molecule has 0 bridgehead atoms. The maximum absolute atomic E-state index is 9.17. The molecule has 0 aliphatic carbocycles. The third-order valence-corrected chi connectivity index (χ3v) is 5.78.